The third kappa shape index (κ3) is 5.41. The van der Waals surface area contributed by atoms with Gasteiger partial charge < -0.3 is 14.9 Å². The van der Waals surface area contributed by atoms with E-state index in [0.717, 1.165) is 35.5 Å². The average Bonchev–Trinajstić information content (AvgIpc) is 2.88. The van der Waals surface area contributed by atoms with Crippen molar-refractivity contribution in [2.45, 2.75) is 12.8 Å². The molecule has 6 nitrogen and oxygen atoms in total. The van der Waals surface area contributed by atoms with Gasteiger partial charge in [0, 0.05) is 66.1 Å². The Morgan fingerprint density at radius 1 is 1.00 bits per heavy atom. The molecule has 2 heterocycles. The van der Waals surface area contributed by atoms with Crippen LogP contribution in [0.4, 0.5) is 11.4 Å². The number of carbonyl (C=O) groups is 1. The minimum absolute atomic E-state index is 0.0405. The number of hydrogen-bond acceptors (Lipinski definition) is 5. The zero-order valence-electron chi connectivity index (χ0n) is 18.6. The molecular weight excluding hydrogens is 436 g/mol. The van der Waals surface area contributed by atoms with E-state index in [4.69, 9.17) is 11.6 Å². The molecule has 0 aliphatic carbocycles. The summed E-state index contributed by atoms with van der Waals surface area (Å²) >= 11 is 6.01. The quantitative estimate of drug-likeness (QED) is 0.534. The van der Waals surface area contributed by atoms with E-state index >= 15 is 0 Å². The Kier molecular flexibility index (Phi) is 7.37. The topological polar surface area (TPSA) is 69.0 Å². The number of aliphatic hydroxyl groups excluding tert-OH is 1. The number of aliphatic imine (C=N–C) groups is 1. The van der Waals surface area contributed by atoms with Gasteiger partial charge in [-0.1, -0.05) is 23.7 Å². The molecule has 7 heteroatoms. The van der Waals surface area contributed by atoms with Gasteiger partial charge in [-0.25, -0.2) is 0 Å². The summed E-state index contributed by atoms with van der Waals surface area (Å²) in [5, 5.41) is 10.1. The van der Waals surface area contributed by atoms with Gasteiger partial charge in [0.25, 0.3) is 5.91 Å². The van der Waals surface area contributed by atoms with E-state index in [1.54, 1.807) is 12.4 Å². The van der Waals surface area contributed by atoms with Gasteiger partial charge in [0.2, 0.25) is 0 Å². The smallest absolute Gasteiger partial charge is 0.253 e. The van der Waals surface area contributed by atoms with Crippen molar-refractivity contribution in [2.75, 3.05) is 31.8 Å². The number of halogens is 1. The fourth-order valence-corrected chi connectivity index (χ4v) is 4.36. The lowest BCUT2D eigenvalue weighted by Gasteiger charge is -2.33. The first-order valence-corrected chi connectivity index (χ1v) is 11.4. The Morgan fingerprint density at radius 2 is 1.58 bits per heavy atom. The monoisotopic (exact) mass is 462 g/mol. The number of rotatable bonds is 6. The maximum atomic E-state index is 13.1. The van der Waals surface area contributed by atoms with Crippen molar-refractivity contribution in [3.63, 3.8) is 0 Å². The number of carbonyl (C=O) groups excluding carboxylic acids is 1. The van der Waals surface area contributed by atoms with Crippen LogP contribution in [0.1, 0.15) is 28.8 Å². The Balaban J connectivity index is 1.39. The maximum Gasteiger partial charge on any atom is 0.253 e. The molecule has 0 spiro atoms. The van der Waals surface area contributed by atoms with Gasteiger partial charge in [-0.05, 0) is 66.9 Å². The number of nitrogens with zero attached hydrogens (tertiary/aromatic N) is 4. The van der Waals surface area contributed by atoms with E-state index in [-0.39, 0.29) is 18.6 Å². The summed E-state index contributed by atoms with van der Waals surface area (Å²) in [4.78, 5) is 25.4. The van der Waals surface area contributed by atoms with Crippen LogP contribution in [0.3, 0.4) is 0 Å². The van der Waals surface area contributed by atoms with Crippen molar-refractivity contribution in [1.29, 1.82) is 0 Å². The minimum atomic E-state index is -0.253. The highest BCUT2D eigenvalue weighted by atomic mass is 35.5. The predicted molar refractivity (Wildman–Crippen MR) is 132 cm³/mol. The Morgan fingerprint density at radius 3 is 2.18 bits per heavy atom. The number of aromatic nitrogens is 1. The average molecular weight is 463 g/mol. The lowest BCUT2D eigenvalue weighted by molar-refractivity contribution is 0.0710. The number of aliphatic hydroxyl groups is 1. The molecule has 1 saturated heterocycles. The van der Waals surface area contributed by atoms with E-state index in [0.29, 0.717) is 23.7 Å². The van der Waals surface area contributed by atoms with Crippen LogP contribution in [-0.2, 0) is 0 Å². The number of piperidine rings is 1. The molecule has 1 aliphatic heterocycles. The van der Waals surface area contributed by atoms with Crippen LogP contribution in [0.5, 0.6) is 0 Å². The second kappa shape index (κ2) is 10.6. The molecule has 1 fully saturated rings. The van der Waals surface area contributed by atoms with E-state index < -0.39 is 0 Å². The molecule has 33 heavy (non-hydrogen) atoms. The molecule has 2 aromatic carbocycles. The van der Waals surface area contributed by atoms with Gasteiger partial charge in [0.1, 0.15) is 6.73 Å². The zero-order valence-corrected chi connectivity index (χ0v) is 19.3. The molecule has 0 saturated carbocycles. The van der Waals surface area contributed by atoms with E-state index in [1.807, 2.05) is 72.6 Å². The molecule has 0 unspecified atom stereocenters. The summed E-state index contributed by atoms with van der Waals surface area (Å²) in [6, 6.07) is 19.1. The molecular formula is C26H27ClN4O2. The summed E-state index contributed by atoms with van der Waals surface area (Å²) in [7, 11) is 1.99. The SMILES string of the molecule is CN(c1ccncc1)c1ccc(C(=O)N2CCC(/C(=N\CO)c3ccc(Cl)cc3)CC2)cc1. The summed E-state index contributed by atoms with van der Waals surface area (Å²) in [6.07, 6.45) is 5.13. The van der Waals surface area contributed by atoms with E-state index in [1.165, 1.54) is 0 Å². The van der Waals surface area contributed by atoms with E-state index in [2.05, 4.69) is 14.9 Å². The number of likely N-dealkylation sites (tertiary alicyclic amines) is 1. The van der Waals surface area contributed by atoms with Gasteiger partial charge in [-0.15, -0.1) is 0 Å². The molecule has 1 amide bonds. The molecule has 0 bridgehead atoms. The highest BCUT2D eigenvalue weighted by molar-refractivity contribution is 6.30. The normalized spacial score (nSPS) is 14.9. The molecule has 1 aliphatic rings. The summed E-state index contributed by atoms with van der Waals surface area (Å²) in [6.45, 7) is 1.05. The molecule has 1 N–H and O–H groups in total. The van der Waals surface area contributed by atoms with Gasteiger partial charge >= 0.3 is 0 Å². The van der Waals surface area contributed by atoms with Crippen molar-refractivity contribution >= 4 is 34.6 Å². The number of hydrogen-bond donors (Lipinski definition) is 1. The summed E-state index contributed by atoms with van der Waals surface area (Å²) in [5.74, 6) is 0.234. The van der Waals surface area contributed by atoms with Crippen LogP contribution >= 0.6 is 11.6 Å². The number of amides is 1. The molecule has 3 aromatic rings. The van der Waals surface area contributed by atoms with Crippen molar-refractivity contribution in [1.82, 2.24) is 9.88 Å². The minimum Gasteiger partial charge on any atom is -0.375 e. The van der Waals surface area contributed by atoms with Crippen molar-refractivity contribution in [3.05, 3.63) is 89.2 Å². The first kappa shape index (κ1) is 23.0. The van der Waals surface area contributed by atoms with Crippen LogP contribution in [0, 0.1) is 5.92 Å². The second-order valence-corrected chi connectivity index (χ2v) is 8.51. The molecule has 4 rings (SSSR count). The molecule has 0 atom stereocenters. The second-order valence-electron chi connectivity index (χ2n) is 8.07. The number of anilines is 2. The van der Waals surface area contributed by atoms with Gasteiger partial charge in [-0.2, -0.15) is 0 Å². The predicted octanol–water partition coefficient (Wildman–Crippen LogP) is 4.79. The molecule has 170 valence electrons. The summed E-state index contributed by atoms with van der Waals surface area (Å²) < 4.78 is 0. The Hall–Kier alpha value is -3.22. The number of benzene rings is 2. The first-order chi connectivity index (χ1) is 16.1. The number of pyridine rings is 1. The fourth-order valence-electron chi connectivity index (χ4n) is 4.24. The van der Waals surface area contributed by atoms with Crippen LogP contribution in [0.25, 0.3) is 0 Å². The highest BCUT2D eigenvalue weighted by Crippen LogP contribution is 2.26. The first-order valence-electron chi connectivity index (χ1n) is 11.0. The third-order valence-electron chi connectivity index (χ3n) is 6.10. The van der Waals surface area contributed by atoms with Crippen LogP contribution in [-0.4, -0.2) is 53.5 Å². The molecule has 0 radical (unpaired) electrons. The standard InChI is InChI=1S/C26H27ClN4O2/c1-30(24-10-14-28-15-11-24)23-8-4-21(5-9-23)26(33)31-16-12-20(13-17-31)25(29-18-32)19-2-6-22(27)7-3-19/h2-11,14-15,20,32H,12-13,16-18H2,1H3/b29-25-. The largest absolute Gasteiger partial charge is 0.375 e. The van der Waals surface area contributed by atoms with Gasteiger partial charge in [-0.3, -0.25) is 14.8 Å². The van der Waals surface area contributed by atoms with Gasteiger partial charge in [0.15, 0.2) is 0 Å². The van der Waals surface area contributed by atoms with Gasteiger partial charge in [0.05, 0.1) is 0 Å². The maximum absolute atomic E-state index is 13.1. The Labute approximate surface area is 199 Å². The highest BCUT2D eigenvalue weighted by Gasteiger charge is 2.27. The van der Waals surface area contributed by atoms with Crippen molar-refractivity contribution in [2.24, 2.45) is 10.9 Å². The van der Waals surface area contributed by atoms with Crippen LogP contribution < -0.4 is 4.90 Å². The lowest BCUT2D eigenvalue weighted by Crippen LogP contribution is -2.40. The Bertz CT molecular complexity index is 1090. The van der Waals surface area contributed by atoms with Crippen molar-refractivity contribution in [3.8, 4) is 0 Å². The van der Waals surface area contributed by atoms with E-state index in [9.17, 15) is 9.90 Å². The van der Waals surface area contributed by atoms with Crippen LogP contribution in [0.15, 0.2) is 78.0 Å². The van der Waals surface area contributed by atoms with Crippen molar-refractivity contribution < 1.29 is 9.90 Å². The lowest BCUT2D eigenvalue weighted by atomic mass is 9.87. The zero-order chi connectivity index (χ0) is 23.2. The molecule has 1 aromatic heterocycles. The fraction of sp³-hybridized carbons (Fsp3) is 0.269. The van der Waals surface area contributed by atoms with Crippen LogP contribution in [0.2, 0.25) is 5.02 Å². The third-order valence-corrected chi connectivity index (χ3v) is 6.35. The summed E-state index contributed by atoms with van der Waals surface area (Å²) in [5.41, 5.74) is 4.57.